The number of nitriles is 1. The molecular formula is C36H38N6S. The van der Waals surface area contributed by atoms with Gasteiger partial charge in [0.1, 0.15) is 16.9 Å². The summed E-state index contributed by atoms with van der Waals surface area (Å²) in [7, 11) is 0. The molecule has 0 saturated carbocycles. The molecule has 4 heterocycles. The first-order valence-electron chi connectivity index (χ1n) is 15.0. The lowest BCUT2D eigenvalue weighted by Crippen LogP contribution is -2.35. The highest BCUT2D eigenvalue weighted by atomic mass is 32.1. The monoisotopic (exact) mass is 586 g/mol. The minimum Gasteiger partial charge on any atom is -0.370 e. The summed E-state index contributed by atoms with van der Waals surface area (Å²) in [4.78, 5) is 10.5. The van der Waals surface area contributed by atoms with Crippen molar-refractivity contribution in [2.45, 2.75) is 38.8 Å². The molecule has 0 radical (unpaired) electrons. The highest BCUT2D eigenvalue weighted by Gasteiger charge is 2.26. The summed E-state index contributed by atoms with van der Waals surface area (Å²) in [5.41, 5.74) is 6.48. The Morgan fingerprint density at radius 2 is 1.95 bits per heavy atom. The van der Waals surface area contributed by atoms with Crippen LogP contribution < -0.4 is 5.32 Å². The number of benzene rings is 2. The third kappa shape index (κ3) is 6.22. The average molecular weight is 587 g/mol. The summed E-state index contributed by atoms with van der Waals surface area (Å²) >= 11 is 1.68. The molecule has 7 heteroatoms. The van der Waals surface area contributed by atoms with Crippen molar-refractivity contribution in [3.8, 4) is 6.07 Å². The molecule has 0 aliphatic carbocycles. The molecule has 0 spiro atoms. The second-order valence-electron chi connectivity index (χ2n) is 11.3. The van der Waals surface area contributed by atoms with Gasteiger partial charge in [-0.2, -0.15) is 5.26 Å². The Hall–Kier alpha value is -4.38. The predicted molar refractivity (Wildman–Crippen MR) is 180 cm³/mol. The SMILES string of the molecule is C=Cc1nccn1C/C=C1\CCCN(CCC(=C)N2CCc3c(sc(NC(=C)c4cccc5ccccc45)c3C#N)C2)C1. The van der Waals surface area contributed by atoms with Crippen LogP contribution in [0.15, 0.2) is 91.9 Å². The Balaban J connectivity index is 1.07. The lowest BCUT2D eigenvalue weighted by Gasteiger charge is -2.33. The van der Waals surface area contributed by atoms with Crippen LogP contribution in [0.25, 0.3) is 22.5 Å². The van der Waals surface area contributed by atoms with Crippen molar-refractivity contribution in [1.82, 2.24) is 19.4 Å². The second kappa shape index (κ2) is 12.9. The third-order valence-corrected chi connectivity index (χ3v) is 9.75. The van der Waals surface area contributed by atoms with Gasteiger partial charge in [0.2, 0.25) is 0 Å². The van der Waals surface area contributed by atoms with Crippen LogP contribution in [-0.4, -0.2) is 45.5 Å². The molecule has 2 aromatic carbocycles. The van der Waals surface area contributed by atoms with E-state index in [2.05, 4.69) is 86.9 Å². The van der Waals surface area contributed by atoms with Gasteiger partial charge in [0.25, 0.3) is 0 Å². The van der Waals surface area contributed by atoms with Gasteiger partial charge in [0, 0.05) is 60.4 Å². The van der Waals surface area contributed by atoms with Gasteiger partial charge in [-0.15, -0.1) is 11.3 Å². The van der Waals surface area contributed by atoms with Crippen molar-refractivity contribution in [2.75, 3.05) is 31.5 Å². The first-order valence-corrected chi connectivity index (χ1v) is 15.8. The second-order valence-corrected chi connectivity index (χ2v) is 12.4. The number of likely N-dealkylation sites (tertiary alicyclic amines) is 1. The molecule has 6 nitrogen and oxygen atoms in total. The lowest BCUT2D eigenvalue weighted by atomic mass is 10.0. The zero-order chi connectivity index (χ0) is 29.8. The predicted octanol–water partition coefficient (Wildman–Crippen LogP) is 7.68. The van der Waals surface area contributed by atoms with E-state index in [-0.39, 0.29) is 0 Å². The fraction of sp³-hybridized carbons (Fsp3) is 0.278. The number of nitrogens with zero attached hydrogens (tertiary/aromatic N) is 5. The molecule has 2 aliphatic heterocycles. The van der Waals surface area contributed by atoms with Crippen molar-refractivity contribution in [3.63, 3.8) is 0 Å². The largest absolute Gasteiger partial charge is 0.370 e. The van der Waals surface area contributed by atoms with Crippen LogP contribution in [0.2, 0.25) is 0 Å². The molecule has 4 aromatic rings. The van der Waals surface area contributed by atoms with Crippen molar-refractivity contribution < 1.29 is 0 Å². The Labute approximate surface area is 258 Å². The first kappa shape index (κ1) is 28.7. The number of allylic oxidation sites excluding steroid dienone is 1. The van der Waals surface area contributed by atoms with E-state index in [1.807, 2.05) is 24.5 Å². The van der Waals surface area contributed by atoms with Crippen LogP contribution in [0.3, 0.4) is 0 Å². The summed E-state index contributed by atoms with van der Waals surface area (Å²) in [6.07, 6.45) is 12.1. The molecule has 0 atom stereocenters. The number of anilines is 1. The van der Waals surface area contributed by atoms with E-state index >= 15 is 0 Å². The fourth-order valence-electron chi connectivity index (χ4n) is 6.24. The van der Waals surface area contributed by atoms with Gasteiger partial charge in [-0.1, -0.05) is 73.9 Å². The van der Waals surface area contributed by atoms with Gasteiger partial charge in [-0.05, 0) is 54.6 Å². The summed E-state index contributed by atoms with van der Waals surface area (Å²) in [6, 6.07) is 17.1. The van der Waals surface area contributed by atoms with E-state index in [9.17, 15) is 5.26 Å². The van der Waals surface area contributed by atoms with Gasteiger partial charge >= 0.3 is 0 Å². The van der Waals surface area contributed by atoms with Crippen LogP contribution in [0.4, 0.5) is 5.00 Å². The quantitative estimate of drug-likeness (QED) is 0.193. The van der Waals surface area contributed by atoms with E-state index in [0.29, 0.717) is 0 Å². The smallest absolute Gasteiger partial charge is 0.132 e. The maximum absolute atomic E-state index is 10.1. The zero-order valence-electron chi connectivity index (χ0n) is 24.7. The minimum absolute atomic E-state index is 0.759. The summed E-state index contributed by atoms with van der Waals surface area (Å²) < 4.78 is 2.13. The van der Waals surface area contributed by atoms with Crippen LogP contribution in [0.1, 0.15) is 46.7 Å². The molecule has 1 saturated heterocycles. The van der Waals surface area contributed by atoms with Gasteiger partial charge in [-0.25, -0.2) is 4.98 Å². The molecule has 2 aromatic heterocycles. The number of thiophene rings is 1. The summed E-state index contributed by atoms with van der Waals surface area (Å²) in [5, 5.41) is 16.8. The molecule has 1 N–H and O–H groups in total. The van der Waals surface area contributed by atoms with E-state index in [1.54, 1.807) is 17.4 Å². The van der Waals surface area contributed by atoms with Crippen molar-refractivity contribution in [3.05, 3.63) is 119 Å². The zero-order valence-corrected chi connectivity index (χ0v) is 25.5. The van der Waals surface area contributed by atoms with E-state index in [0.717, 1.165) is 91.6 Å². The maximum Gasteiger partial charge on any atom is 0.132 e. The molecule has 0 bridgehead atoms. The van der Waals surface area contributed by atoms with Gasteiger partial charge < -0.3 is 14.8 Å². The maximum atomic E-state index is 10.1. The first-order chi connectivity index (χ1) is 21.0. The molecule has 2 aliphatic rings. The molecule has 0 amide bonds. The number of imidazole rings is 1. The van der Waals surface area contributed by atoms with Crippen LogP contribution in [-0.2, 0) is 19.5 Å². The standard InChI is InChI=1S/C36H38N6S/c1-4-35-38-17-22-41(35)20-15-28-9-8-18-40(24-28)19-14-26(2)42-21-16-32-33(23-37)36(43-34(32)25-42)39-27(3)30-13-7-11-29-10-5-6-12-31(29)30/h4-7,10-13,15,17,22,39H,1-3,8-9,14,16,18-21,24-25H2/b28-15+. The fourth-order valence-corrected chi connectivity index (χ4v) is 7.48. The molecule has 6 rings (SSSR count). The Morgan fingerprint density at radius 3 is 2.81 bits per heavy atom. The van der Waals surface area contributed by atoms with Crippen LogP contribution in [0.5, 0.6) is 0 Å². The topological polar surface area (TPSA) is 60.1 Å². The number of fused-ring (bicyclic) bond motifs is 2. The lowest BCUT2D eigenvalue weighted by molar-refractivity contribution is 0.248. The number of nitrogens with one attached hydrogen (secondary N) is 1. The van der Waals surface area contributed by atoms with E-state index < -0.39 is 0 Å². The van der Waals surface area contributed by atoms with Crippen molar-refractivity contribution in [2.24, 2.45) is 0 Å². The normalized spacial score (nSPS) is 16.2. The average Bonchev–Trinajstić information content (AvgIpc) is 3.65. The third-order valence-electron chi connectivity index (χ3n) is 8.62. The van der Waals surface area contributed by atoms with Crippen molar-refractivity contribution >= 4 is 38.9 Å². The van der Waals surface area contributed by atoms with E-state index in [4.69, 9.17) is 0 Å². The minimum atomic E-state index is 0.759. The van der Waals surface area contributed by atoms with Gasteiger partial charge in [0.05, 0.1) is 12.1 Å². The number of rotatable bonds is 10. The Morgan fingerprint density at radius 1 is 1.09 bits per heavy atom. The van der Waals surface area contributed by atoms with Crippen LogP contribution >= 0.6 is 11.3 Å². The number of aromatic nitrogens is 2. The number of hydrogen-bond acceptors (Lipinski definition) is 6. The van der Waals surface area contributed by atoms with Gasteiger partial charge in [0.15, 0.2) is 0 Å². The van der Waals surface area contributed by atoms with Crippen LogP contribution in [0, 0.1) is 11.3 Å². The summed E-state index contributed by atoms with van der Waals surface area (Å²) in [5.74, 6) is 0.913. The van der Waals surface area contributed by atoms with Gasteiger partial charge in [-0.3, -0.25) is 4.90 Å². The Bertz CT molecular complexity index is 1740. The molecular weight excluding hydrogens is 549 g/mol. The highest BCUT2D eigenvalue weighted by Crippen LogP contribution is 2.39. The Kier molecular flexibility index (Phi) is 8.59. The summed E-state index contributed by atoms with van der Waals surface area (Å²) in [6.45, 7) is 18.4. The number of piperidine rings is 1. The van der Waals surface area contributed by atoms with Crippen molar-refractivity contribution in [1.29, 1.82) is 5.26 Å². The van der Waals surface area contributed by atoms with E-state index in [1.165, 1.54) is 33.5 Å². The molecule has 43 heavy (non-hydrogen) atoms. The molecule has 0 unspecified atom stereocenters. The number of hydrogen-bond donors (Lipinski definition) is 1. The molecule has 218 valence electrons. The molecule has 1 fully saturated rings. The highest BCUT2D eigenvalue weighted by molar-refractivity contribution is 7.16.